The molecular formula is C19H26O4. The van der Waals surface area contributed by atoms with Crippen molar-refractivity contribution in [3.05, 3.63) is 34.9 Å². The van der Waals surface area contributed by atoms with Gasteiger partial charge in [0.2, 0.25) is 0 Å². The molecule has 0 aromatic rings. The fourth-order valence-corrected chi connectivity index (χ4v) is 3.02. The van der Waals surface area contributed by atoms with E-state index in [0.717, 1.165) is 0 Å². The number of ether oxygens (including phenoxy) is 1. The number of rotatable bonds is 4. The number of hydrogen-bond donors (Lipinski definition) is 2. The van der Waals surface area contributed by atoms with Crippen LogP contribution in [0.3, 0.4) is 0 Å². The Bertz CT molecular complexity index is 601. The minimum Gasteiger partial charge on any atom is -0.466 e. The van der Waals surface area contributed by atoms with E-state index in [9.17, 15) is 15.0 Å². The molecule has 0 heterocycles. The average molecular weight is 318 g/mol. The lowest BCUT2D eigenvalue weighted by Gasteiger charge is -2.48. The smallest absolute Gasteiger partial charge is 0.330 e. The zero-order valence-electron chi connectivity index (χ0n) is 14.5. The zero-order chi connectivity index (χ0) is 17.8. The van der Waals surface area contributed by atoms with Crippen LogP contribution in [0.5, 0.6) is 0 Å². The van der Waals surface area contributed by atoms with E-state index in [1.54, 1.807) is 26.0 Å². The maximum atomic E-state index is 11.3. The largest absolute Gasteiger partial charge is 0.466 e. The molecule has 1 aliphatic rings. The predicted octanol–water partition coefficient (Wildman–Crippen LogP) is 2.52. The highest BCUT2D eigenvalue weighted by molar-refractivity contribution is 5.83. The first-order valence-electron chi connectivity index (χ1n) is 7.58. The summed E-state index contributed by atoms with van der Waals surface area (Å²) in [6, 6.07) is 0. The van der Waals surface area contributed by atoms with Gasteiger partial charge in [0.15, 0.2) is 0 Å². The summed E-state index contributed by atoms with van der Waals surface area (Å²) >= 11 is 0. The van der Waals surface area contributed by atoms with Crippen LogP contribution in [0.4, 0.5) is 0 Å². The van der Waals surface area contributed by atoms with Crippen LogP contribution in [0.2, 0.25) is 0 Å². The van der Waals surface area contributed by atoms with Gasteiger partial charge in [-0.2, -0.15) is 0 Å². The molecule has 2 N–H and O–H groups in total. The topological polar surface area (TPSA) is 66.8 Å². The van der Waals surface area contributed by atoms with Gasteiger partial charge in [0, 0.05) is 17.9 Å². The minimum absolute atomic E-state index is 0.302. The van der Waals surface area contributed by atoms with Crippen molar-refractivity contribution in [2.45, 2.75) is 52.2 Å². The summed E-state index contributed by atoms with van der Waals surface area (Å²) < 4.78 is 4.59. The van der Waals surface area contributed by atoms with Gasteiger partial charge in [-0.05, 0) is 43.1 Å². The fourth-order valence-electron chi connectivity index (χ4n) is 3.02. The molecule has 0 spiro atoms. The molecule has 0 fully saturated rings. The van der Waals surface area contributed by atoms with Crippen molar-refractivity contribution in [3.63, 3.8) is 0 Å². The van der Waals surface area contributed by atoms with Crippen LogP contribution in [0.1, 0.15) is 40.5 Å². The number of aliphatic hydroxyl groups excluding tert-OH is 1. The van der Waals surface area contributed by atoms with Crippen LogP contribution < -0.4 is 0 Å². The van der Waals surface area contributed by atoms with Crippen molar-refractivity contribution in [2.24, 2.45) is 5.41 Å². The van der Waals surface area contributed by atoms with Crippen LogP contribution in [0, 0.1) is 17.8 Å². The first-order valence-corrected chi connectivity index (χ1v) is 7.58. The molecule has 0 aromatic carbocycles. The van der Waals surface area contributed by atoms with Gasteiger partial charge in [-0.15, -0.1) is 12.3 Å². The van der Waals surface area contributed by atoms with Crippen molar-refractivity contribution in [1.82, 2.24) is 0 Å². The summed E-state index contributed by atoms with van der Waals surface area (Å²) in [5.74, 6) is 2.09. The molecular weight excluding hydrogens is 292 g/mol. The number of methoxy groups -OCH3 is 1. The summed E-state index contributed by atoms with van der Waals surface area (Å²) in [5.41, 5.74) is 0.202. The van der Waals surface area contributed by atoms with E-state index >= 15 is 0 Å². The van der Waals surface area contributed by atoms with E-state index in [1.807, 2.05) is 13.8 Å². The van der Waals surface area contributed by atoms with Gasteiger partial charge < -0.3 is 14.9 Å². The molecule has 2 atom stereocenters. The first kappa shape index (κ1) is 19.2. The molecule has 0 bridgehead atoms. The third-order valence-electron chi connectivity index (χ3n) is 4.62. The van der Waals surface area contributed by atoms with Gasteiger partial charge >= 0.3 is 5.97 Å². The normalized spacial score (nSPS) is 27.9. The van der Waals surface area contributed by atoms with Crippen LogP contribution >= 0.6 is 0 Å². The second-order valence-electron chi connectivity index (χ2n) is 6.65. The molecule has 0 amide bonds. The molecule has 0 saturated heterocycles. The molecule has 1 unspecified atom stereocenters. The highest BCUT2D eigenvalue weighted by Crippen LogP contribution is 2.48. The fraction of sp³-hybridized carbons (Fsp3) is 0.526. The van der Waals surface area contributed by atoms with Gasteiger partial charge in [-0.1, -0.05) is 19.9 Å². The summed E-state index contributed by atoms with van der Waals surface area (Å²) in [4.78, 5) is 11.3. The predicted molar refractivity (Wildman–Crippen MR) is 90.4 cm³/mol. The van der Waals surface area contributed by atoms with E-state index in [0.29, 0.717) is 29.6 Å². The van der Waals surface area contributed by atoms with Crippen molar-refractivity contribution < 1.29 is 19.7 Å². The number of hydrogen-bond acceptors (Lipinski definition) is 4. The highest BCUT2D eigenvalue weighted by Gasteiger charge is 2.49. The average Bonchev–Trinajstić information content (AvgIpc) is 2.47. The Morgan fingerprint density at radius 3 is 2.65 bits per heavy atom. The quantitative estimate of drug-likeness (QED) is 0.275. The lowest BCUT2D eigenvalue weighted by molar-refractivity contribution is -0.134. The van der Waals surface area contributed by atoms with Crippen LogP contribution in [0.25, 0.3) is 0 Å². The number of allylic oxidation sites excluding steroid dienone is 2. The number of esters is 1. The Labute approximate surface area is 138 Å². The molecule has 1 rings (SSSR count). The second-order valence-corrected chi connectivity index (χ2v) is 6.65. The van der Waals surface area contributed by atoms with Crippen molar-refractivity contribution in [1.29, 1.82) is 0 Å². The maximum Gasteiger partial charge on any atom is 0.330 e. The molecule has 0 aromatic heterocycles. The molecule has 0 aliphatic heterocycles. The Morgan fingerprint density at radius 2 is 2.13 bits per heavy atom. The van der Waals surface area contributed by atoms with Gasteiger partial charge in [0.1, 0.15) is 5.60 Å². The first-order chi connectivity index (χ1) is 10.6. The Morgan fingerprint density at radius 1 is 1.52 bits per heavy atom. The lowest BCUT2D eigenvalue weighted by Crippen LogP contribution is -2.50. The van der Waals surface area contributed by atoms with Crippen molar-refractivity contribution in [3.8, 4) is 12.3 Å². The Kier molecular flexibility index (Phi) is 5.98. The monoisotopic (exact) mass is 318 g/mol. The van der Waals surface area contributed by atoms with Crippen LogP contribution in [0.15, 0.2) is 34.9 Å². The van der Waals surface area contributed by atoms with E-state index in [1.165, 1.54) is 13.2 Å². The second kappa shape index (κ2) is 7.16. The van der Waals surface area contributed by atoms with Crippen molar-refractivity contribution >= 4 is 5.97 Å². The van der Waals surface area contributed by atoms with Crippen LogP contribution in [-0.2, 0) is 9.53 Å². The standard InChI is InChI=1S/C19H26O4/c1-7-8-15-14(3)19(22,18(4,5)12-16(15)20)10-9-13(2)11-17(21)23-6/h1,9-11,16,20,22H,8,12H2,2-6H3/b10-9+,13-11-/t16?,19-/m1/s1. The zero-order valence-corrected chi connectivity index (χ0v) is 14.5. The van der Waals surface area contributed by atoms with Crippen molar-refractivity contribution in [2.75, 3.05) is 7.11 Å². The number of carbonyl (C=O) groups is 1. The number of carbonyl (C=O) groups excluding carboxylic acids is 1. The lowest BCUT2D eigenvalue weighted by atomic mass is 9.61. The summed E-state index contributed by atoms with van der Waals surface area (Å²) in [7, 11) is 1.31. The summed E-state index contributed by atoms with van der Waals surface area (Å²) in [6.07, 6.45) is 10.1. The maximum absolute atomic E-state index is 11.3. The minimum atomic E-state index is -1.25. The SMILES string of the molecule is C#CCC1=C(C)[C@](O)(/C=C/C(C)=C\C(=O)OC)C(C)(C)CC1O. The third kappa shape index (κ3) is 3.93. The van der Waals surface area contributed by atoms with E-state index < -0.39 is 23.1 Å². The van der Waals surface area contributed by atoms with E-state index in [2.05, 4.69) is 10.7 Å². The molecule has 23 heavy (non-hydrogen) atoms. The molecule has 1 aliphatic carbocycles. The molecule has 4 nitrogen and oxygen atoms in total. The molecule has 0 radical (unpaired) electrons. The summed E-state index contributed by atoms with van der Waals surface area (Å²) in [6.45, 7) is 7.34. The molecule has 0 saturated carbocycles. The highest BCUT2D eigenvalue weighted by atomic mass is 16.5. The van der Waals surface area contributed by atoms with Gasteiger partial charge in [0.05, 0.1) is 13.2 Å². The van der Waals surface area contributed by atoms with Gasteiger partial charge in [-0.3, -0.25) is 0 Å². The molecule has 4 heteroatoms. The van der Waals surface area contributed by atoms with Gasteiger partial charge in [-0.25, -0.2) is 4.79 Å². The van der Waals surface area contributed by atoms with E-state index in [4.69, 9.17) is 6.42 Å². The van der Waals surface area contributed by atoms with Gasteiger partial charge in [0.25, 0.3) is 0 Å². The Hall–Kier alpha value is -1.83. The third-order valence-corrected chi connectivity index (χ3v) is 4.62. The Balaban J connectivity index is 3.30. The van der Waals surface area contributed by atoms with E-state index in [-0.39, 0.29) is 0 Å². The molecule has 126 valence electrons. The number of terminal acetylenes is 1. The number of aliphatic hydroxyl groups is 2. The van der Waals surface area contributed by atoms with Crippen LogP contribution in [-0.4, -0.2) is 35.0 Å². The summed E-state index contributed by atoms with van der Waals surface area (Å²) in [5, 5.41) is 21.6.